The fourth-order valence-corrected chi connectivity index (χ4v) is 1.96. The van der Waals surface area contributed by atoms with Crippen LogP contribution in [0.5, 0.6) is 0 Å². The molecule has 7 heteroatoms. The van der Waals surface area contributed by atoms with E-state index in [2.05, 4.69) is 5.32 Å². The minimum atomic E-state index is -4.47. The van der Waals surface area contributed by atoms with Crippen molar-refractivity contribution in [1.29, 1.82) is 0 Å². The Balaban J connectivity index is 2.24. The molecule has 0 atom stereocenters. The molecule has 0 radical (unpaired) electrons. The monoisotopic (exact) mass is 314 g/mol. The van der Waals surface area contributed by atoms with Crippen LogP contribution >= 0.6 is 11.6 Å². The Bertz CT molecular complexity index is 686. The summed E-state index contributed by atoms with van der Waals surface area (Å²) in [5.74, 6) is -0.612. The highest BCUT2D eigenvalue weighted by atomic mass is 35.5. The van der Waals surface area contributed by atoms with Gasteiger partial charge in [-0.2, -0.15) is 13.2 Å². The quantitative estimate of drug-likeness (QED) is 0.816. The molecule has 0 fully saturated rings. The summed E-state index contributed by atoms with van der Waals surface area (Å²) in [6, 6.07) is 8.62. The fourth-order valence-electron chi connectivity index (χ4n) is 1.69. The van der Waals surface area contributed by atoms with Crippen LogP contribution in [-0.2, 0) is 6.18 Å². The highest BCUT2D eigenvalue weighted by molar-refractivity contribution is 6.34. The minimum absolute atomic E-state index is 0.0303. The van der Waals surface area contributed by atoms with Crippen LogP contribution in [0.3, 0.4) is 0 Å². The van der Waals surface area contributed by atoms with Crippen LogP contribution in [0.15, 0.2) is 42.5 Å². The smallest absolute Gasteiger partial charge is 0.399 e. The number of nitrogens with two attached hydrogens (primary N) is 1. The molecule has 0 spiro atoms. The first-order valence-corrected chi connectivity index (χ1v) is 6.19. The molecule has 2 aromatic rings. The number of amides is 1. The van der Waals surface area contributed by atoms with E-state index >= 15 is 0 Å². The maximum atomic E-state index is 12.6. The Morgan fingerprint density at radius 3 is 2.48 bits per heavy atom. The van der Waals surface area contributed by atoms with E-state index in [1.54, 1.807) is 0 Å². The van der Waals surface area contributed by atoms with Gasteiger partial charge in [-0.3, -0.25) is 4.79 Å². The van der Waals surface area contributed by atoms with Crippen molar-refractivity contribution in [3.05, 3.63) is 58.6 Å². The lowest BCUT2D eigenvalue weighted by atomic mass is 10.1. The zero-order valence-electron chi connectivity index (χ0n) is 10.5. The number of carbonyl (C=O) groups is 1. The number of hydrogen-bond acceptors (Lipinski definition) is 2. The molecule has 110 valence electrons. The maximum absolute atomic E-state index is 12.6. The molecular weight excluding hydrogens is 305 g/mol. The molecular formula is C14H10ClF3N2O. The molecule has 2 aromatic carbocycles. The van der Waals surface area contributed by atoms with Crippen molar-refractivity contribution in [2.45, 2.75) is 6.18 Å². The minimum Gasteiger partial charge on any atom is -0.399 e. The lowest BCUT2D eigenvalue weighted by molar-refractivity contribution is -0.137. The second-order valence-corrected chi connectivity index (χ2v) is 4.68. The lowest BCUT2D eigenvalue weighted by Gasteiger charge is -2.10. The van der Waals surface area contributed by atoms with E-state index in [4.69, 9.17) is 17.3 Å². The molecule has 2 rings (SSSR count). The predicted octanol–water partition coefficient (Wildman–Crippen LogP) is 4.19. The Morgan fingerprint density at radius 1 is 1.14 bits per heavy atom. The van der Waals surface area contributed by atoms with Crippen LogP contribution in [0.2, 0.25) is 5.02 Å². The summed E-state index contributed by atoms with van der Waals surface area (Å²) in [6.45, 7) is 0. The Kier molecular flexibility index (Phi) is 4.09. The van der Waals surface area contributed by atoms with Crippen molar-refractivity contribution in [3.8, 4) is 0 Å². The summed E-state index contributed by atoms with van der Waals surface area (Å²) in [5, 5.41) is 2.49. The number of nitrogen functional groups attached to an aromatic ring is 1. The van der Waals surface area contributed by atoms with E-state index in [-0.39, 0.29) is 16.3 Å². The van der Waals surface area contributed by atoms with Crippen LogP contribution in [-0.4, -0.2) is 5.91 Å². The van der Waals surface area contributed by atoms with Gasteiger partial charge in [-0.15, -0.1) is 0 Å². The number of halogens is 4. The number of nitrogens with one attached hydrogen (secondary N) is 1. The van der Waals surface area contributed by atoms with E-state index in [0.29, 0.717) is 5.69 Å². The van der Waals surface area contributed by atoms with Gasteiger partial charge >= 0.3 is 6.18 Å². The summed E-state index contributed by atoms with van der Waals surface area (Å²) in [5.41, 5.74) is 5.21. The molecule has 0 aliphatic heterocycles. The molecule has 0 unspecified atom stereocenters. The zero-order valence-corrected chi connectivity index (χ0v) is 11.3. The SMILES string of the molecule is Nc1ccc(C(=O)Nc2cccc(C(F)(F)F)c2)c(Cl)c1. The van der Waals surface area contributed by atoms with Gasteiger partial charge in [0.05, 0.1) is 16.1 Å². The average Bonchev–Trinajstić information content (AvgIpc) is 2.37. The van der Waals surface area contributed by atoms with Crippen LogP contribution in [0.1, 0.15) is 15.9 Å². The molecule has 0 aliphatic carbocycles. The van der Waals surface area contributed by atoms with Crippen molar-refractivity contribution in [2.75, 3.05) is 11.1 Å². The third-order valence-electron chi connectivity index (χ3n) is 2.69. The van der Waals surface area contributed by atoms with E-state index in [1.807, 2.05) is 0 Å². The van der Waals surface area contributed by atoms with Gasteiger partial charge < -0.3 is 11.1 Å². The number of rotatable bonds is 2. The van der Waals surface area contributed by atoms with Crippen LogP contribution in [0.25, 0.3) is 0 Å². The first kappa shape index (κ1) is 15.2. The van der Waals surface area contributed by atoms with Gasteiger partial charge in [0.25, 0.3) is 5.91 Å². The first-order chi connectivity index (χ1) is 9.77. The highest BCUT2D eigenvalue weighted by Gasteiger charge is 2.30. The predicted molar refractivity (Wildman–Crippen MR) is 75.3 cm³/mol. The number of alkyl halides is 3. The Labute approximate surface area is 123 Å². The van der Waals surface area contributed by atoms with Crippen LogP contribution in [0, 0.1) is 0 Å². The molecule has 0 saturated carbocycles. The fraction of sp³-hybridized carbons (Fsp3) is 0.0714. The molecule has 0 heterocycles. The summed E-state index contributed by atoms with van der Waals surface area (Å²) in [4.78, 5) is 12.0. The Hall–Kier alpha value is -2.21. The van der Waals surface area contributed by atoms with Crippen molar-refractivity contribution < 1.29 is 18.0 Å². The van der Waals surface area contributed by atoms with E-state index in [0.717, 1.165) is 12.1 Å². The molecule has 0 aromatic heterocycles. The van der Waals surface area contributed by atoms with Gasteiger partial charge in [0, 0.05) is 11.4 Å². The Morgan fingerprint density at radius 2 is 1.86 bits per heavy atom. The van der Waals surface area contributed by atoms with E-state index in [9.17, 15) is 18.0 Å². The standard InChI is InChI=1S/C14H10ClF3N2O/c15-12-7-9(19)4-5-11(12)13(21)20-10-3-1-2-8(6-10)14(16,17)18/h1-7H,19H2,(H,20,21). The number of benzene rings is 2. The molecule has 0 aliphatic rings. The second kappa shape index (κ2) is 5.65. The van der Waals surface area contributed by atoms with Gasteiger partial charge in [-0.05, 0) is 36.4 Å². The van der Waals surface area contributed by atoms with Crippen molar-refractivity contribution in [2.24, 2.45) is 0 Å². The summed E-state index contributed by atoms with van der Waals surface area (Å²) >= 11 is 5.87. The second-order valence-electron chi connectivity index (χ2n) is 4.27. The first-order valence-electron chi connectivity index (χ1n) is 5.81. The topological polar surface area (TPSA) is 55.1 Å². The number of carbonyl (C=O) groups excluding carboxylic acids is 1. The number of hydrogen-bond donors (Lipinski definition) is 2. The molecule has 1 amide bonds. The third kappa shape index (κ3) is 3.66. The largest absolute Gasteiger partial charge is 0.416 e. The number of anilines is 2. The molecule has 3 nitrogen and oxygen atoms in total. The van der Waals surface area contributed by atoms with Crippen molar-refractivity contribution in [1.82, 2.24) is 0 Å². The van der Waals surface area contributed by atoms with Crippen LogP contribution in [0.4, 0.5) is 24.5 Å². The molecule has 3 N–H and O–H groups in total. The van der Waals surface area contributed by atoms with Gasteiger partial charge in [0.2, 0.25) is 0 Å². The highest BCUT2D eigenvalue weighted by Crippen LogP contribution is 2.31. The summed E-state index contributed by atoms with van der Waals surface area (Å²) < 4.78 is 37.8. The molecule has 0 bridgehead atoms. The van der Waals surface area contributed by atoms with Gasteiger partial charge in [0.1, 0.15) is 0 Å². The van der Waals surface area contributed by atoms with Crippen LogP contribution < -0.4 is 11.1 Å². The summed E-state index contributed by atoms with van der Waals surface area (Å²) in [7, 11) is 0. The molecule has 0 saturated heterocycles. The normalized spacial score (nSPS) is 11.2. The van der Waals surface area contributed by atoms with E-state index < -0.39 is 17.6 Å². The third-order valence-corrected chi connectivity index (χ3v) is 3.00. The maximum Gasteiger partial charge on any atom is 0.416 e. The summed E-state index contributed by atoms with van der Waals surface area (Å²) in [6.07, 6.45) is -4.47. The zero-order chi connectivity index (χ0) is 15.6. The lowest BCUT2D eigenvalue weighted by Crippen LogP contribution is -2.13. The van der Waals surface area contributed by atoms with E-state index in [1.165, 1.54) is 30.3 Å². The molecule has 21 heavy (non-hydrogen) atoms. The van der Waals surface area contributed by atoms with Gasteiger partial charge in [0.15, 0.2) is 0 Å². The average molecular weight is 315 g/mol. The van der Waals surface area contributed by atoms with Gasteiger partial charge in [-0.1, -0.05) is 17.7 Å². The van der Waals surface area contributed by atoms with Gasteiger partial charge in [-0.25, -0.2) is 0 Å². The van der Waals surface area contributed by atoms with Crippen molar-refractivity contribution >= 4 is 28.9 Å². The van der Waals surface area contributed by atoms with Crippen molar-refractivity contribution in [3.63, 3.8) is 0 Å².